The predicted molar refractivity (Wildman–Crippen MR) is 68.8 cm³/mol. The summed E-state index contributed by atoms with van der Waals surface area (Å²) in [5.41, 5.74) is 0. The van der Waals surface area contributed by atoms with Gasteiger partial charge in [-0.1, -0.05) is 51.9 Å². The van der Waals surface area contributed by atoms with Gasteiger partial charge < -0.3 is 4.74 Å². The molecule has 0 aliphatic heterocycles. The lowest BCUT2D eigenvalue weighted by Crippen LogP contribution is -2.33. The van der Waals surface area contributed by atoms with E-state index in [2.05, 4.69) is 11.7 Å². The molecule has 0 aromatic heterocycles. The third-order valence-electron chi connectivity index (χ3n) is 2.99. The summed E-state index contributed by atoms with van der Waals surface area (Å²) in [5, 5.41) is 0. The van der Waals surface area contributed by atoms with Gasteiger partial charge in [-0.05, 0) is 12.8 Å². The highest BCUT2D eigenvalue weighted by molar-refractivity contribution is 5.66. The second-order valence-electron chi connectivity index (χ2n) is 4.90. The van der Waals surface area contributed by atoms with Crippen LogP contribution in [0.3, 0.4) is 0 Å². The normalized spacial score (nSPS) is 13.3. The van der Waals surface area contributed by atoms with Crippen LogP contribution in [0.15, 0.2) is 0 Å². The number of halogens is 3. The third-order valence-corrected chi connectivity index (χ3v) is 2.99. The Labute approximate surface area is 113 Å². The van der Waals surface area contributed by atoms with Gasteiger partial charge in [0.2, 0.25) is 0 Å². The molecule has 0 saturated carbocycles. The van der Waals surface area contributed by atoms with Crippen molar-refractivity contribution in [2.45, 2.75) is 83.9 Å². The van der Waals surface area contributed by atoms with E-state index in [1.165, 1.54) is 19.3 Å². The molecule has 0 heterocycles. The molecule has 1 atom stereocenters. The van der Waals surface area contributed by atoms with Crippen molar-refractivity contribution in [3.05, 3.63) is 0 Å². The fourth-order valence-corrected chi connectivity index (χ4v) is 1.95. The lowest BCUT2D eigenvalue weighted by molar-refractivity contribution is -0.221. The van der Waals surface area contributed by atoms with Gasteiger partial charge in [0.15, 0.2) is 6.10 Å². The molecule has 0 saturated heterocycles. The zero-order valence-electron chi connectivity index (χ0n) is 11.9. The topological polar surface area (TPSA) is 26.3 Å². The molecule has 0 aliphatic rings. The number of carbonyl (C=O) groups is 1. The minimum atomic E-state index is -4.45. The summed E-state index contributed by atoms with van der Waals surface area (Å²) in [6.45, 7) is 3.15. The Morgan fingerprint density at radius 2 is 1.47 bits per heavy atom. The minimum Gasteiger partial charge on any atom is -0.453 e. The molecule has 0 bridgehead atoms. The van der Waals surface area contributed by atoms with Crippen LogP contribution in [0.2, 0.25) is 0 Å². The highest BCUT2D eigenvalue weighted by Crippen LogP contribution is 2.27. The smallest absolute Gasteiger partial charge is 0.425 e. The van der Waals surface area contributed by atoms with E-state index >= 15 is 0 Å². The molecule has 0 spiro atoms. The summed E-state index contributed by atoms with van der Waals surface area (Å²) < 4.78 is 41.9. The van der Waals surface area contributed by atoms with E-state index in [0.717, 1.165) is 32.6 Å². The standard InChI is InChI=1S/C14H25F3O2/c1-3-4-5-6-7-8-9-10-11-13(14(15,16)17)19-12(2)18/h13H,3-11H2,1-2H3/t13-/m1/s1. The lowest BCUT2D eigenvalue weighted by atomic mass is 10.1. The van der Waals surface area contributed by atoms with Gasteiger partial charge in [-0.3, -0.25) is 4.79 Å². The van der Waals surface area contributed by atoms with Crippen molar-refractivity contribution >= 4 is 5.97 Å². The van der Waals surface area contributed by atoms with E-state index < -0.39 is 18.2 Å². The Balaban J connectivity index is 3.67. The molecule has 0 radical (unpaired) electrons. The molecule has 5 heteroatoms. The maximum atomic E-state index is 12.5. The second-order valence-corrected chi connectivity index (χ2v) is 4.90. The van der Waals surface area contributed by atoms with Crippen molar-refractivity contribution in [2.24, 2.45) is 0 Å². The third kappa shape index (κ3) is 10.8. The van der Waals surface area contributed by atoms with E-state index in [-0.39, 0.29) is 6.42 Å². The number of esters is 1. The maximum absolute atomic E-state index is 12.5. The Kier molecular flexibility index (Phi) is 9.70. The van der Waals surface area contributed by atoms with E-state index in [1.54, 1.807) is 0 Å². The monoisotopic (exact) mass is 282 g/mol. The van der Waals surface area contributed by atoms with Gasteiger partial charge in [-0.25, -0.2) is 0 Å². The first-order valence-electron chi connectivity index (χ1n) is 7.11. The Bertz CT molecular complexity index is 239. The quantitative estimate of drug-likeness (QED) is 0.416. The zero-order chi connectivity index (χ0) is 14.7. The van der Waals surface area contributed by atoms with Gasteiger partial charge in [-0.2, -0.15) is 13.2 Å². The molecular formula is C14H25F3O2. The fraction of sp³-hybridized carbons (Fsp3) is 0.929. The van der Waals surface area contributed by atoms with Crippen molar-refractivity contribution < 1.29 is 22.7 Å². The summed E-state index contributed by atoms with van der Waals surface area (Å²) in [4.78, 5) is 10.6. The molecule has 0 rings (SSSR count). The molecular weight excluding hydrogens is 257 g/mol. The fourth-order valence-electron chi connectivity index (χ4n) is 1.95. The Hall–Kier alpha value is -0.740. The van der Waals surface area contributed by atoms with Crippen LogP contribution >= 0.6 is 0 Å². The summed E-state index contributed by atoms with van der Waals surface area (Å²) in [6, 6.07) is 0. The van der Waals surface area contributed by atoms with Gasteiger partial charge in [0.25, 0.3) is 0 Å². The maximum Gasteiger partial charge on any atom is 0.425 e. The number of carbonyl (C=O) groups excluding carboxylic acids is 1. The number of ether oxygens (including phenoxy) is 1. The summed E-state index contributed by atoms with van der Waals surface area (Å²) in [5.74, 6) is -0.873. The highest BCUT2D eigenvalue weighted by atomic mass is 19.4. The molecule has 0 unspecified atom stereocenters. The van der Waals surface area contributed by atoms with Crippen molar-refractivity contribution in [1.29, 1.82) is 0 Å². The lowest BCUT2D eigenvalue weighted by Gasteiger charge is -2.19. The largest absolute Gasteiger partial charge is 0.453 e. The van der Waals surface area contributed by atoms with Crippen LogP contribution in [0, 0.1) is 0 Å². The van der Waals surface area contributed by atoms with Gasteiger partial charge in [0.05, 0.1) is 0 Å². The predicted octanol–water partition coefficient (Wildman–Crippen LogP) is 5.01. The summed E-state index contributed by atoms with van der Waals surface area (Å²) in [6.07, 6.45) is 1.49. The van der Waals surface area contributed by atoms with Crippen LogP contribution in [-0.4, -0.2) is 18.2 Å². The van der Waals surface area contributed by atoms with Gasteiger partial charge in [0, 0.05) is 6.92 Å². The van der Waals surface area contributed by atoms with E-state index in [1.807, 2.05) is 0 Å². The van der Waals surface area contributed by atoms with Crippen LogP contribution < -0.4 is 0 Å². The highest BCUT2D eigenvalue weighted by Gasteiger charge is 2.41. The van der Waals surface area contributed by atoms with Crippen LogP contribution in [0.5, 0.6) is 0 Å². The SMILES string of the molecule is CCCCCCCCCC[C@@H](OC(C)=O)C(F)(F)F. The van der Waals surface area contributed by atoms with Crippen LogP contribution in [0.25, 0.3) is 0 Å². The average molecular weight is 282 g/mol. The van der Waals surface area contributed by atoms with Crippen molar-refractivity contribution in [1.82, 2.24) is 0 Å². The molecule has 0 aliphatic carbocycles. The molecule has 114 valence electrons. The molecule has 0 fully saturated rings. The van der Waals surface area contributed by atoms with E-state index in [4.69, 9.17) is 0 Å². The zero-order valence-corrected chi connectivity index (χ0v) is 11.9. The first kappa shape index (κ1) is 18.3. The number of rotatable bonds is 10. The molecule has 0 aromatic rings. The number of hydrogen-bond acceptors (Lipinski definition) is 2. The van der Waals surface area contributed by atoms with Gasteiger partial charge >= 0.3 is 12.1 Å². The molecule has 19 heavy (non-hydrogen) atoms. The molecule has 0 aromatic carbocycles. The Morgan fingerprint density at radius 1 is 1.00 bits per heavy atom. The second kappa shape index (κ2) is 10.1. The Morgan fingerprint density at radius 3 is 1.89 bits per heavy atom. The average Bonchev–Trinajstić information content (AvgIpc) is 2.29. The molecule has 0 amide bonds. The first-order valence-corrected chi connectivity index (χ1v) is 7.11. The van der Waals surface area contributed by atoms with Crippen molar-refractivity contribution in [3.63, 3.8) is 0 Å². The van der Waals surface area contributed by atoms with Crippen LogP contribution in [0.4, 0.5) is 13.2 Å². The van der Waals surface area contributed by atoms with Crippen LogP contribution in [0.1, 0.15) is 71.6 Å². The van der Waals surface area contributed by atoms with E-state index in [9.17, 15) is 18.0 Å². The number of hydrogen-bond donors (Lipinski definition) is 0. The molecule has 0 N–H and O–H groups in total. The minimum absolute atomic E-state index is 0.127. The summed E-state index contributed by atoms with van der Waals surface area (Å²) >= 11 is 0. The van der Waals surface area contributed by atoms with E-state index in [0.29, 0.717) is 6.42 Å². The van der Waals surface area contributed by atoms with Gasteiger partial charge in [-0.15, -0.1) is 0 Å². The van der Waals surface area contributed by atoms with Crippen LogP contribution in [-0.2, 0) is 9.53 Å². The number of alkyl halides is 3. The molecule has 2 nitrogen and oxygen atoms in total. The number of unbranched alkanes of at least 4 members (excludes halogenated alkanes) is 7. The summed E-state index contributed by atoms with van der Waals surface area (Å²) in [7, 11) is 0. The van der Waals surface area contributed by atoms with Crippen molar-refractivity contribution in [2.75, 3.05) is 0 Å². The van der Waals surface area contributed by atoms with Gasteiger partial charge in [0.1, 0.15) is 0 Å². The first-order chi connectivity index (χ1) is 8.88. The van der Waals surface area contributed by atoms with Crippen molar-refractivity contribution in [3.8, 4) is 0 Å².